The second-order valence-electron chi connectivity index (χ2n) is 4.22. The molecule has 1 aliphatic rings. The molecule has 1 saturated heterocycles. The Morgan fingerprint density at radius 3 is 2.88 bits per heavy atom. The molecular weight excluding hydrogens is 306 g/mol. The first-order chi connectivity index (χ1) is 7.89. The van der Waals surface area contributed by atoms with Gasteiger partial charge in [-0.05, 0) is 28.9 Å². The van der Waals surface area contributed by atoms with Crippen molar-refractivity contribution in [3.05, 3.63) is 16.7 Å². The van der Waals surface area contributed by atoms with Crippen LogP contribution in [0, 0.1) is 0 Å². The topological polar surface area (TPSA) is 76.3 Å². The van der Waals surface area contributed by atoms with E-state index in [0.29, 0.717) is 18.1 Å². The number of nitrogens with zero attached hydrogens (tertiary/aromatic N) is 2. The van der Waals surface area contributed by atoms with Gasteiger partial charge >= 0.3 is 0 Å². The summed E-state index contributed by atoms with van der Waals surface area (Å²) in [5, 5.41) is 0. The van der Waals surface area contributed by atoms with Gasteiger partial charge in [-0.3, -0.25) is 0 Å². The highest BCUT2D eigenvalue weighted by Gasteiger charge is 2.29. The second kappa shape index (κ2) is 4.45. The molecule has 0 bridgehead atoms. The second-order valence-corrected chi connectivity index (χ2v) is 7.37. The van der Waals surface area contributed by atoms with E-state index < -0.39 is 9.84 Å². The summed E-state index contributed by atoms with van der Waals surface area (Å²) in [7, 11) is -2.91. The molecule has 0 radical (unpaired) electrons. The molecular formula is C10H14BrN3O2S. The van der Waals surface area contributed by atoms with Crippen LogP contribution in [0.1, 0.15) is 6.92 Å². The highest BCUT2D eigenvalue weighted by atomic mass is 79.9. The van der Waals surface area contributed by atoms with Gasteiger partial charge in [0.25, 0.3) is 0 Å². The number of hydrogen-bond donors (Lipinski definition) is 1. The number of sulfone groups is 1. The maximum atomic E-state index is 11.5. The fraction of sp³-hybridized carbons (Fsp3) is 0.500. The predicted molar refractivity (Wildman–Crippen MR) is 71.8 cm³/mol. The highest BCUT2D eigenvalue weighted by Crippen LogP contribution is 2.27. The Morgan fingerprint density at radius 2 is 2.29 bits per heavy atom. The lowest BCUT2D eigenvalue weighted by molar-refractivity contribution is 0.567. The molecule has 1 aliphatic heterocycles. The molecule has 7 heteroatoms. The molecule has 0 saturated carbocycles. The van der Waals surface area contributed by atoms with Crippen molar-refractivity contribution in [2.24, 2.45) is 0 Å². The van der Waals surface area contributed by atoms with E-state index in [1.807, 2.05) is 11.8 Å². The van der Waals surface area contributed by atoms with Crippen molar-refractivity contribution in [2.75, 3.05) is 28.7 Å². The van der Waals surface area contributed by atoms with Crippen molar-refractivity contribution < 1.29 is 8.42 Å². The zero-order valence-corrected chi connectivity index (χ0v) is 11.8. The zero-order chi connectivity index (χ0) is 12.6. The van der Waals surface area contributed by atoms with Crippen LogP contribution in [-0.2, 0) is 9.84 Å². The number of nitrogen functional groups attached to an aromatic ring is 1. The average molecular weight is 320 g/mol. The van der Waals surface area contributed by atoms with Gasteiger partial charge in [-0.25, -0.2) is 13.4 Å². The molecule has 1 fully saturated rings. The number of anilines is 2. The first-order valence-corrected chi connectivity index (χ1v) is 7.88. The maximum Gasteiger partial charge on any atom is 0.154 e. The monoisotopic (exact) mass is 319 g/mol. The number of nitrogens with two attached hydrogens (primary N) is 1. The summed E-state index contributed by atoms with van der Waals surface area (Å²) in [6.45, 7) is 2.32. The van der Waals surface area contributed by atoms with Crippen molar-refractivity contribution in [3.8, 4) is 0 Å². The van der Waals surface area contributed by atoms with Crippen LogP contribution in [0.4, 0.5) is 11.5 Å². The van der Waals surface area contributed by atoms with Crippen molar-refractivity contribution in [3.63, 3.8) is 0 Å². The summed E-state index contributed by atoms with van der Waals surface area (Å²) in [5.41, 5.74) is 6.46. The summed E-state index contributed by atoms with van der Waals surface area (Å²) in [6, 6.07) is 1.68. The third kappa shape index (κ3) is 2.71. The highest BCUT2D eigenvalue weighted by molar-refractivity contribution is 9.10. The quantitative estimate of drug-likeness (QED) is 0.837. The van der Waals surface area contributed by atoms with Crippen molar-refractivity contribution in [1.29, 1.82) is 0 Å². The Labute approximate surface area is 109 Å². The maximum absolute atomic E-state index is 11.5. The summed E-state index contributed by atoms with van der Waals surface area (Å²) in [4.78, 5) is 6.21. The molecule has 0 aliphatic carbocycles. The minimum atomic E-state index is -2.91. The fourth-order valence-corrected chi connectivity index (χ4v) is 3.91. The Bertz CT molecular complexity index is 532. The normalized spacial score (nSPS) is 23.6. The predicted octanol–water partition coefficient (Wildman–Crippen LogP) is 1.05. The van der Waals surface area contributed by atoms with Crippen LogP contribution in [0.25, 0.3) is 0 Å². The molecule has 0 aromatic carbocycles. The molecule has 0 spiro atoms. The molecule has 17 heavy (non-hydrogen) atoms. The number of rotatable bonds is 1. The zero-order valence-electron chi connectivity index (χ0n) is 9.43. The average Bonchev–Trinajstić information content (AvgIpc) is 2.18. The van der Waals surface area contributed by atoms with Crippen molar-refractivity contribution in [1.82, 2.24) is 4.98 Å². The molecule has 0 amide bonds. The molecule has 94 valence electrons. The Morgan fingerprint density at radius 1 is 1.59 bits per heavy atom. The smallest absolute Gasteiger partial charge is 0.154 e. The van der Waals surface area contributed by atoms with Gasteiger partial charge in [-0.15, -0.1) is 0 Å². The van der Waals surface area contributed by atoms with Crippen LogP contribution in [0.2, 0.25) is 0 Å². The van der Waals surface area contributed by atoms with E-state index in [1.165, 1.54) is 0 Å². The first-order valence-electron chi connectivity index (χ1n) is 5.27. The van der Waals surface area contributed by atoms with Gasteiger partial charge in [0, 0.05) is 23.3 Å². The molecule has 2 heterocycles. The standard InChI is InChI=1S/C10H14BrN3O2S/c1-7-6-17(15,16)3-2-14(7)10-9(12)4-8(11)5-13-10/h4-5,7H,2-3,6,12H2,1H3. The Hall–Kier alpha value is -0.820. The van der Waals surface area contributed by atoms with E-state index in [-0.39, 0.29) is 17.5 Å². The summed E-state index contributed by atoms with van der Waals surface area (Å²) in [5.74, 6) is 0.981. The lowest BCUT2D eigenvalue weighted by Crippen LogP contribution is -2.47. The van der Waals surface area contributed by atoms with Gasteiger partial charge in [-0.2, -0.15) is 0 Å². The fourth-order valence-electron chi connectivity index (χ4n) is 2.00. The largest absolute Gasteiger partial charge is 0.396 e. The minimum Gasteiger partial charge on any atom is -0.396 e. The van der Waals surface area contributed by atoms with Crippen LogP contribution < -0.4 is 10.6 Å². The SMILES string of the molecule is CC1CS(=O)(=O)CCN1c1ncc(Br)cc1N. The third-order valence-electron chi connectivity index (χ3n) is 2.80. The van der Waals surface area contributed by atoms with Gasteiger partial charge in [0.05, 0.1) is 17.2 Å². The molecule has 1 unspecified atom stereocenters. The number of hydrogen-bond acceptors (Lipinski definition) is 5. The van der Waals surface area contributed by atoms with Gasteiger partial charge in [0.15, 0.2) is 15.7 Å². The number of aromatic nitrogens is 1. The van der Waals surface area contributed by atoms with Crippen LogP contribution in [0.3, 0.4) is 0 Å². The Balaban J connectivity index is 2.29. The van der Waals surface area contributed by atoms with E-state index in [1.54, 1.807) is 12.3 Å². The summed E-state index contributed by atoms with van der Waals surface area (Å²) >= 11 is 3.30. The van der Waals surface area contributed by atoms with Gasteiger partial charge < -0.3 is 10.6 Å². The van der Waals surface area contributed by atoms with E-state index in [9.17, 15) is 8.42 Å². The molecule has 5 nitrogen and oxygen atoms in total. The summed E-state index contributed by atoms with van der Waals surface area (Å²) in [6.07, 6.45) is 1.67. The van der Waals surface area contributed by atoms with Gasteiger partial charge in [-0.1, -0.05) is 0 Å². The number of pyridine rings is 1. The van der Waals surface area contributed by atoms with E-state index in [2.05, 4.69) is 20.9 Å². The Kier molecular flexibility index (Phi) is 3.31. The molecule has 1 aromatic heterocycles. The van der Waals surface area contributed by atoms with Crippen molar-refractivity contribution >= 4 is 37.3 Å². The van der Waals surface area contributed by atoms with E-state index >= 15 is 0 Å². The van der Waals surface area contributed by atoms with Crippen LogP contribution in [-0.4, -0.2) is 37.5 Å². The van der Waals surface area contributed by atoms with Crippen LogP contribution in [0.15, 0.2) is 16.7 Å². The van der Waals surface area contributed by atoms with Crippen LogP contribution >= 0.6 is 15.9 Å². The molecule has 2 rings (SSSR count). The lowest BCUT2D eigenvalue weighted by atomic mass is 10.2. The first kappa shape index (κ1) is 12.6. The van der Waals surface area contributed by atoms with Gasteiger partial charge in [0.2, 0.25) is 0 Å². The lowest BCUT2D eigenvalue weighted by Gasteiger charge is -2.34. The molecule has 2 N–H and O–H groups in total. The summed E-state index contributed by atoms with van der Waals surface area (Å²) < 4.78 is 23.8. The van der Waals surface area contributed by atoms with E-state index in [4.69, 9.17) is 5.73 Å². The van der Waals surface area contributed by atoms with E-state index in [0.717, 1.165) is 4.47 Å². The van der Waals surface area contributed by atoms with Crippen LogP contribution in [0.5, 0.6) is 0 Å². The molecule has 1 aromatic rings. The minimum absolute atomic E-state index is 0.0928. The van der Waals surface area contributed by atoms with Gasteiger partial charge in [0.1, 0.15) is 0 Å². The molecule has 1 atom stereocenters. The third-order valence-corrected chi connectivity index (χ3v) is 5.03. The number of halogens is 1. The van der Waals surface area contributed by atoms with Crippen molar-refractivity contribution in [2.45, 2.75) is 13.0 Å².